The lowest BCUT2D eigenvalue weighted by molar-refractivity contribution is -0.141. The number of aromatic amines is 1. The molecule has 0 aliphatic carbocycles. The van der Waals surface area contributed by atoms with Crippen LogP contribution in [0.4, 0.5) is 0 Å². The summed E-state index contributed by atoms with van der Waals surface area (Å²) in [4.78, 5) is 27.2. The molecule has 1 aromatic heterocycles. The molecular formula is C10H11IN2O3. The first kappa shape index (κ1) is 11.4. The highest BCUT2D eigenvalue weighted by Crippen LogP contribution is 2.20. The maximum atomic E-state index is 12.0. The molecule has 1 aliphatic rings. The van der Waals surface area contributed by atoms with Crippen LogP contribution in [0.15, 0.2) is 12.3 Å². The molecule has 1 atom stereocenters. The topological polar surface area (TPSA) is 73.4 Å². The van der Waals surface area contributed by atoms with Gasteiger partial charge in [-0.1, -0.05) is 0 Å². The molecule has 2 N–H and O–H groups in total. The first-order chi connectivity index (χ1) is 7.59. The van der Waals surface area contributed by atoms with Gasteiger partial charge in [-0.25, -0.2) is 4.79 Å². The van der Waals surface area contributed by atoms with Gasteiger partial charge < -0.3 is 15.0 Å². The van der Waals surface area contributed by atoms with Gasteiger partial charge >= 0.3 is 5.97 Å². The number of nitrogens with one attached hydrogen (secondary N) is 1. The van der Waals surface area contributed by atoms with Crippen molar-refractivity contribution in [3.63, 3.8) is 0 Å². The number of rotatable bonds is 2. The number of likely N-dealkylation sites (tertiary alicyclic amines) is 1. The van der Waals surface area contributed by atoms with Gasteiger partial charge in [0.15, 0.2) is 0 Å². The largest absolute Gasteiger partial charge is 0.480 e. The zero-order chi connectivity index (χ0) is 11.7. The lowest BCUT2D eigenvalue weighted by atomic mass is 10.2. The molecule has 2 heterocycles. The second-order valence-electron chi connectivity index (χ2n) is 3.73. The molecule has 1 saturated heterocycles. The molecule has 0 spiro atoms. The van der Waals surface area contributed by atoms with Crippen LogP contribution in [0.5, 0.6) is 0 Å². The highest BCUT2D eigenvalue weighted by atomic mass is 127. The van der Waals surface area contributed by atoms with E-state index in [2.05, 4.69) is 27.6 Å². The van der Waals surface area contributed by atoms with Crippen LogP contribution in [0.3, 0.4) is 0 Å². The molecule has 1 fully saturated rings. The molecule has 0 bridgehead atoms. The van der Waals surface area contributed by atoms with E-state index in [0.717, 1.165) is 9.99 Å². The number of carbonyl (C=O) groups is 2. The predicted molar refractivity (Wildman–Crippen MR) is 65.2 cm³/mol. The van der Waals surface area contributed by atoms with Gasteiger partial charge in [0.1, 0.15) is 11.7 Å². The predicted octanol–water partition coefficient (Wildman–Crippen LogP) is 1.31. The minimum Gasteiger partial charge on any atom is -0.480 e. The fraction of sp³-hybridized carbons (Fsp3) is 0.400. The summed E-state index contributed by atoms with van der Waals surface area (Å²) in [6.07, 6.45) is 3.01. The summed E-state index contributed by atoms with van der Waals surface area (Å²) >= 11 is 2.10. The SMILES string of the molecule is O=C(O)C1CCCN1C(=O)c1cc(I)c[nH]1. The third-order valence-electron chi connectivity index (χ3n) is 2.68. The summed E-state index contributed by atoms with van der Waals surface area (Å²) in [6, 6.07) is 1.05. The van der Waals surface area contributed by atoms with Crippen molar-refractivity contribution in [2.45, 2.75) is 18.9 Å². The van der Waals surface area contributed by atoms with Gasteiger partial charge in [0.25, 0.3) is 5.91 Å². The molecule has 86 valence electrons. The summed E-state index contributed by atoms with van der Waals surface area (Å²) < 4.78 is 0.937. The number of nitrogens with zero attached hydrogens (tertiary/aromatic N) is 1. The Morgan fingerprint density at radius 2 is 2.31 bits per heavy atom. The average Bonchev–Trinajstić information content (AvgIpc) is 2.84. The Balaban J connectivity index is 2.18. The van der Waals surface area contributed by atoms with Gasteiger partial charge in [0.05, 0.1) is 0 Å². The summed E-state index contributed by atoms with van der Waals surface area (Å²) in [7, 11) is 0. The van der Waals surface area contributed by atoms with Crippen molar-refractivity contribution < 1.29 is 14.7 Å². The van der Waals surface area contributed by atoms with Crippen LogP contribution < -0.4 is 0 Å². The van der Waals surface area contributed by atoms with Gasteiger partial charge in [0, 0.05) is 16.3 Å². The molecular weight excluding hydrogens is 323 g/mol. The fourth-order valence-corrected chi connectivity index (χ4v) is 2.38. The first-order valence-electron chi connectivity index (χ1n) is 4.97. The van der Waals surface area contributed by atoms with Crippen molar-refractivity contribution in [3.05, 3.63) is 21.5 Å². The van der Waals surface area contributed by atoms with E-state index in [1.165, 1.54) is 4.90 Å². The van der Waals surface area contributed by atoms with Gasteiger partial charge in [-0.2, -0.15) is 0 Å². The maximum Gasteiger partial charge on any atom is 0.326 e. The highest BCUT2D eigenvalue weighted by molar-refractivity contribution is 14.1. The number of halogens is 1. The Bertz CT molecular complexity index is 429. The fourth-order valence-electron chi connectivity index (χ4n) is 1.91. The molecule has 1 amide bonds. The molecule has 16 heavy (non-hydrogen) atoms. The Morgan fingerprint density at radius 1 is 1.56 bits per heavy atom. The summed E-state index contributed by atoms with van der Waals surface area (Å²) in [6.45, 7) is 0.519. The molecule has 2 rings (SSSR count). The summed E-state index contributed by atoms with van der Waals surface area (Å²) in [5, 5.41) is 8.98. The number of amides is 1. The molecule has 0 aromatic carbocycles. The van der Waals surface area contributed by atoms with E-state index in [4.69, 9.17) is 5.11 Å². The zero-order valence-corrected chi connectivity index (χ0v) is 10.6. The highest BCUT2D eigenvalue weighted by Gasteiger charge is 2.34. The standard InChI is InChI=1S/C10H11IN2O3/c11-6-4-7(12-5-6)9(14)13-3-1-2-8(13)10(15)16/h4-5,8,12H,1-3H2,(H,15,16). The van der Waals surface area contributed by atoms with Crippen LogP contribution in [0, 0.1) is 3.57 Å². The van der Waals surface area contributed by atoms with Crippen LogP contribution in [-0.4, -0.2) is 39.5 Å². The number of aliphatic carboxylic acids is 1. The molecule has 1 aliphatic heterocycles. The van der Waals surface area contributed by atoms with Crippen LogP contribution >= 0.6 is 22.6 Å². The van der Waals surface area contributed by atoms with E-state index in [1.54, 1.807) is 12.3 Å². The maximum absolute atomic E-state index is 12.0. The number of carboxylic acid groups (broad SMARTS) is 1. The van der Waals surface area contributed by atoms with E-state index < -0.39 is 12.0 Å². The molecule has 6 heteroatoms. The quantitative estimate of drug-likeness (QED) is 0.801. The summed E-state index contributed by atoms with van der Waals surface area (Å²) in [5.41, 5.74) is 0.456. The van der Waals surface area contributed by atoms with E-state index in [0.29, 0.717) is 18.7 Å². The second kappa shape index (κ2) is 4.44. The number of hydrogen-bond donors (Lipinski definition) is 2. The lowest BCUT2D eigenvalue weighted by Crippen LogP contribution is -2.40. The van der Waals surface area contributed by atoms with E-state index in [9.17, 15) is 9.59 Å². The zero-order valence-electron chi connectivity index (χ0n) is 8.44. The number of aromatic nitrogens is 1. The smallest absolute Gasteiger partial charge is 0.326 e. The van der Waals surface area contributed by atoms with E-state index >= 15 is 0 Å². The van der Waals surface area contributed by atoms with Crippen LogP contribution in [0.25, 0.3) is 0 Å². The van der Waals surface area contributed by atoms with Crippen molar-refractivity contribution >= 4 is 34.5 Å². The van der Waals surface area contributed by atoms with Crippen molar-refractivity contribution in [2.24, 2.45) is 0 Å². The summed E-state index contributed by atoms with van der Waals surface area (Å²) in [5.74, 6) is -1.15. The Kier molecular flexibility index (Phi) is 3.17. The third kappa shape index (κ3) is 2.06. The van der Waals surface area contributed by atoms with Crippen LogP contribution in [-0.2, 0) is 4.79 Å². The second-order valence-corrected chi connectivity index (χ2v) is 4.97. The van der Waals surface area contributed by atoms with Crippen LogP contribution in [0.1, 0.15) is 23.3 Å². The van der Waals surface area contributed by atoms with Crippen molar-refractivity contribution in [2.75, 3.05) is 6.54 Å². The number of carbonyl (C=O) groups excluding carboxylic acids is 1. The Labute approximate surface area is 106 Å². The monoisotopic (exact) mass is 334 g/mol. The Hall–Kier alpha value is -1.05. The lowest BCUT2D eigenvalue weighted by Gasteiger charge is -2.20. The van der Waals surface area contributed by atoms with E-state index in [1.807, 2.05) is 0 Å². The van der Waals surface area contributed by atoms with Gasteiger partial charge in [-0.05, 0) is 41.5 Å². The average molecular weight is 334 g/mol. The number of carboxylic acids is 1. The van der Waals surface area contributed by atoms with E-state index in [-0.39, 0.29) is 5.91 Å². The number of hydrogen-bond acceptors (Lipinski definition) is 2. The molecule has 1 unspecified atom stereocenters. The molecule has 1 aromatic rings. The molecule has 0 radical (unpaired) electrons. The van der Waals surface area contributed by atoms with Gasteiger partial charge in [-0.3, -0.25) is 4.79 Å². The van der Waals surface area contributed by atoms with Crippen molar-refractivity contribution in [3.8, 4) is 0 Å². The van der Waals surface area contributed by atoms with Crippen LogP contribution in [0.2, 0.25) is 0 Å². The van der Waals surface area contributed by atoms with Gasteiger partial charge in [0.2, 0.25) is 0 Å². The minimum atomic E-state index is -0.924. The normalized spacial score (nSPS) is 20.1. The van der Waals surface area contributed by atoms with Crippen molar-refractivity contribution in [1.29, 1.82) is 0 Å². The minimum absolute atomic E-state index is 0.229. The Morgan fingerprint density at radius 3 is 2.88 bits per heavy atom. The first-order valence-corrected chi connectivity index (χ1v) is 6.05. The van der Waals surface area contributed by atoms with Crippen molar-refractivity contribution in [1.82, 2.24) is 9.88 Å². The third-order valence-corrected chi connectivity index (χ3v) is 3.30. The molecule has 5 nitrogen and oxygen atoms in total. The molecule has 0 saturated carbocycles. The number of H-pyrrole nitrogens is 1. The van der Waals surface area contributed by atoms with Gasteiger partial charge in [-0.15, -0.1) is 0 Å².